The molecule has 0 aliphatic heterocycles. The van der Waals surface area contributed by atoms with Crippen molar-refractivity contribution in [3.8, 4) is 0 Å². The van der Waals surface area contributed by atoms with Crippen LogP contribution in [0.1, 0.15) is 92.9 Å². The van der Waals surface area contributed by atoms with Crippen LogP contribution >= 0.6 is 0 Å². The van der Waals surface area contributed by atoms with Crippen LogP contribution in [0.3, 0.4) is 0 Å². The van der Waals surface area contributed by atoms with Gasteiger partial charge in [-0.25, -0.2) is 0 Å². The zero-order valence-corrected chi connectivity index (χ0v) is 23.7. The predicted molar refractivity (Wildman–Crippen MR) is 145 cm³/mol. The van der Waals surface area contributed by atoms with Gasteiger partial charge in [0.15, 0.2) is 0 Å². The van der Waals surface area contributed by atoms with Gasteiger partial charge in [-0.05, 0) is 85.9 Å². The van der Waals surface area contributed by atoms with E-state index < -0.39 is 18.0 Å². The number of hydrogen-bond donors (Lipinski definition) is 2. The molecule has 5 aliphatic rings. The van der Waals surface area contributed by atoms with Crippen molar-refractivity contribution >= 4 is 11.9 Å². The molecule has 4 saturated carbocycles. The minimum atomic E-state index is -0.562. The van der Waals surface area contributed by atoms with Crippen LogP contribution in [0.25, 0.3) is 0 Å². The summed E-state index contributed by atoms with van der Waals surface area (Å²) < 4.78 is 3.97. The first kappa shape index (κ1) is 28.3. The van der Waals surface area contributed by atoms with E-state index in [0.717, 1.165) is 24.2 Å². The molecule has 5 aliphatic carbocycles. The number of hydrogen-bond acceptors (Lipinski definition) is 5. The lowest BCUT2D eigenvalue weighted by Crippen LogP contribution is -2.52. The largest absolute Gasteiger partial charge is 0.394 e. The average molecular weight is 513 g/mol. The normalized spacial score (nSPS) is 40.2. The summed E-state index contributed by atoms with van der Waals surface area (Å²) in [6.07, 6.45) is 18.2. The first-order chi connectivity index (χ1) is 17.4. The molecule has 206 valence electrons. The second kappa shape index (κ2) is 10.8. The summed E-state index contributed by atoms with van der Waals surface area (Å²) in [4.78, 5) is 19.6. The number of carbonyl (C=O) groups excluding carboxylic acids is 2. The summed E-state index contributed by atoms with van der Waals surface area (Å²) in [7, 11) is 0. The molecule has 5 rings (SSSR count). The van der Waals surface area contributed by atoms with Gasteiger partial charge in [0.25, 0.3) is 0 Å². The molecular weight excluding hydrogens is 464 g/mol. The third-order valence-electron chi connectivity index (χ3n) is 10.7. The molecule has 37 heavy (non-hydrogen) atoms. The fourth-order valence-corrected chi connectivity index (χ4v) is 8.42. The van der Waals surface area contributed by atoms with Crippen molar-refractivity contribution in [2.24, 2.45) is 46.3 Å². The molecule has 0 aromatic heterocycles. The molecule has 0 unspecified atom stereocenters. The molecule has 0 bridgehead atoms. The van der Waals surface area contributed by atoms with E-state index >= 15 is 0 Å². The van der Waals surface area contributed by atoms with Crippen molar-refractivity contribution in [3.63, 3.8) is 0 Å². The predicted octanol–water partition coefficient (Wildman–Crippen LogP) is 6.15. The second-order valence-electron chi connectivity index (χ2n) is 13.1. The highest BCUT2D eigenvalue weighted by molar-refractivity contribution is 5.82. The number of rotatable bonds is 4. The van der Waals surface area contributed by atoms with Gasteiger partial charge in [0.1, 0.15) is 0 Å². The molecule has 0 radical (unpaired) electrons. The van der Waals surface area contributed by atoms with E-state index in [2.05, 4.69) is 56.7 Å². The lowest BCUT2D eigenvalue weighted by molar-refractivity contribution is -0.156. The molecule has 0 saturated heterocycles. The van der Waals surface area contributed by atoms with E-state index in [1.165, 1.54) is 57.9 Å². The van der Waals surface area contributed by atoms with Crippen molar-refractivity contribution in [1.29, 1.82) is 0 Å². The molecule has 4 fully saturated rings. The number of aliphatic hydroxyl groups excluding tert-OH is 2. The van der Waals surface area contributed by atoms with Crippen molar-refractivity contribution in [2.75, 3.05) is 0 Å². The van der Waals surface area contributed by atoms with Crippen molar-refractivity contribution in [2.45, 2.75) is 105 Å². The van der Waals surface area contributed by atoms with Crippen LogP contribution in [0.4, 0.5) is 0 Å². The molecule has 0 spiro atoms. The van der Waals surface area contributed by atoms with Crippen LogP contribution < -0.4 is 0 Å². The molecule has 5 nitrogen and oxygen atoms in total. The fourth-order valence-electron chi connectivity index (χ4n) is 8.42. The molecule has 5 heteroatoms. The number of esters is 2. The summed E-state index contributed by atoms with van der Waals surface area (Å²) in [5, 5.41) is 21.3. The van der Waals surface area contributed by atoms with E-state index in [4.69, 9.17) is 0 Å². The third kappa shape index (κ3) is 5.54. The van der Waals surface area contributed by atoms with E-state index in [1.54, 1.807) is 5.57 Å². The number of fused-ring (bicyclic) bond motifs is 5. The fraction of sp³-hybridized carbons (Fsp3) is 0.750. The third-order valence-corrected chi connectivity index (χ3v) is 10.7. The van der Waals surface area contributed by atoms with Gasteiger partial charge in [-0.1, -0.05) is 63.1 Å². The Hall–Kier alpha value is -1.72. The lowest BCUT2D eigenvalue weighted by atomic mass is 9.49. The van der Waals surface area contributed by atoms with E-state index in [9.17, 15) is 19.8 Å². The van der Waals surface area contributed by atoms with Gasteiger partial charge in [0.2, 0.25) is 0 Å². The first-order valence-electron chi connectivity index (χ1n) is 14.5. The smallest absolute Gasteiger partial charge is 0.310 e. The standard InChI is InChI=1S/C28H42O2.C4H6O3/c1-17(19-7-8-19)5-6-18(2)23-11-12-24-22-10-9-20-15-21(29)16-26(30)28(20,4)25(22)13-14-27(23,24)3;1-3(5)7-4(2)6/h5-6,9-10,17-19,21,23-26,29-30H,7-8,11-16H2,1-4H3;1-2H3/b6-5+;/t17-,18+,21-,23-,24+,25+,26+,27-,28+;/m1./s1. The van der Waals surface area contributed by atoms with E-state index in [0.29, 0.717) is 29.6 Å². The Balaban J connectivity index is 0.000000405. The average Bonchev–Trinajstić information content (AvgIpc) is 3.59. The second-order valence-corrected chi connectivity index (χ2v) is 13.1. The minimum absolute atomic E-state index is 0.173. The Morgan fingerprint density at radius 3 is 2.19 bits per heavy atom. The Morgan fingerprint density at radius 2 is 1.59 bits per heavy atom. The quantitative estimate of drug-likeness (QED) is 0.268. The maximum absolute atomic E-state index is 11.1. The minimum Gasteiger partial charge on any atom is -0.394 e. The maximum atomic E-state index is 11.1. The number of ether oxygens (including phenoxy) is 1. The van der Waals surface area contributed by atoms with E-state index in [-0.39, 0.29) is 11.5 Å². The monoisotopic (exact) mass is 512 g/mol. The van der Waals surface area contributed by atoms with Gasteiger partial charge < -0.3 is 14.9 Å². The Labute approximate surface area is 223 Å². The highest BCUT2D eigenvalue weighted by Gasteiger charge is 2.58. The number of allylic oxidation sites excluding steroid dienone is 5. The summed E-state index contributed by atoms with van der Waals surface area (Å²) in [5.74, 6) is 3.11. The highest BCUT2D eigenvalue weighted by Crippen LogP contribution is 2.66. The van der Waals surface area contributed by atoms with Gasteiger partial charge >= 0.3 is 11.9 Å². The van der Waals surface area contributed by atoms with Gasteiger partial charge in [0, 0.05) is 25.7 Å². The first-order valence-corrected chi connectivity index (χ1v) is 14.5. The van der Waals surface area contributed by atoms with Crippen molar-refractivity contribution in [3.05, 3.63) is 35.5 Å². The summed E-state index contributed by atoms with van der Waals surface area (Å²) in [5.41, 5.74) is 3.12. The van der Waals surface area contributed by atoms with Gasteiger partial charge in [-0.3, -0.25) is 9.59 Å². The van der Waals surface area contributed by atoms with Crippen molar-refractivity contribution < 1.29 is 24.5 Å². The molecule has 0 aromatic carbocycles. The molecular formula is C32H48O5. The molecule has 0 amide bonds. The van der Waals surface area contributed by atoms with Crippen LogP contribution in [0.5, 0.6) is 0 Å². The summed E-state index contributed by atoms with van der Waals surface area (Å²) >= 11 is 0. The van der Waals surface area contributed by atoms with Crippen LogP contribution in [0, 0.1) is 46.3 Å². The van der Waals surface area contributed by atoms with Crippen LogP contribution in [0.2, 0.25) is 0 Å². The Morgan fingerprint density at radius 1 is 0.946 bits per heavy atom. The van der Waals surface area contributed by atoms with Crippen LogP contribution in [-0.2, 0) is 14.3 Å². The zero-order chi connectivity index (χ0) is 27.1. The highest BCUT2D eigenvalue weighted by atomic mass is 16.6. The molecule has 0 heterocycles. The van der Waals surface area contributed by atoms with Crippen molar-refractivity contribution in [1.82, 2.24) is 0 Å². The number of carbonyl (C=O) groups is 2. The Kier molecular flexibility index (Phi) is 8.26. The van der Waals surface area contributed by atoms with Gasteiger partial charge in [-0.2, -0.15) is 0 Å². The maximum Gasteiger partial charge on any atom is 0.310 e. The Bertz CT molecular complexity index is 962. The van der Waals surface area contributed by atoms with Crippen LogP contribution in [0.15, 0.2) is 35.5 Å². The molecule has 9 atom stereocenters. The lowest BCUT2D eigenvalue weighted by Gasteiger charge is -2.56. The van der Waals surface area contributed by atoms with Crippen LogP contribution in [-0.4, -0.2) is 34.4 Å². The van der Waals surface area contributed by atoms with Gasteiger partial charge in [-0.15, -0.1) is 0 Å². The zero-order valence-electron chi connectivity index (χ0n) is 23.7. The van der Waals surface area contributed by atoms with E-state index in [1.807, 2.05) is 0 Å². The SMILES string of the molecule is CC(=O)OC(C)=O.C[C@H](/C=C/[C@H](C)[C@H]1CC[C@H]2C3=CC=C4C[C@@H](O)C[C@H](O)[C@]4(C)[C@H]3CC[C@]12C)C1CC1. The topological polar surface area (TPSA) is 83.8 Å². The van der Waals surface area contributed by atoms with Gasteiger partial charge in [0.05, 0.1) is 12.2 Å². The molecule has 0 aromatic rings. The summed E-state index contributed by atoms with van der Waals surface area (Å²) in [6.45, 7) is 12.1. The molecule has 2 N–H and O–H groups in total. The summed E-state index contributed by atoms with van der Waals surface area (Å²) in [6, 6.07) is 0. The number of aliphatic hydroxyl groups is 2.